The number of nitrogens with one attached hydrogen (secondary N) is 1. The van der Waals surface area contributed by atoms with Crippen molar-refractivity contribution in [1.29, 1.82) is 0 Å². The third kappa shape index (κ3) is 3.23. The third-order valence-corrected chi connectivity index (χ3v) is 5.40. The predicted molar refractivity (Wildman–Crippen MR) is 93.4 cm³/mol. The van der Waals surface area contributed by atoms with E-state index < -0.39 is 9.84 Å². The average molecular weight is 359 g/mol. The minimum atomic E-state index is -3.44. The van der Waals surface area contributed by atoms with Crippen molar-refractivity contribution < 1.29 is 22.7 Å². The first-order valence-electron chi connectivity index (χ1n) is 7.51. The summed E-state index contributed by atoms with van der Waals surface area (Å²) in [6.07, 6.45) is 1.45. The highest BCUT2D eigenvalue weighted by atomic mass is 32.2. The highest BCUT2D eigenvalue weighted by Gasteiger charge is 2.24. The number of fused-ring (bicyclic) bond motifs is 1. The van der Waals surface area contributed by atoms with E-state index in [-0.39, 0.29) is 17.3 Å². The fourth-order valence-corrected chi connectivity index (χ4v) is 3.88. The molecule has 0 unspecified atom stereocenters. The van der Waals surface area contributed by atoms with E-state index in [1.54, 1.807) is 38.5 Å². The summed E-state index contributed by atoms with van der Waals surface area (Å²) in [7, 11) is -0.342. The van der Waals surface area contributed by atoms with Gasteiger partial charge in [0.1, 0.15) is 0 Å². The van der Waals surface area contributed by atoms with Crippen molar-refractivity contribution in [2.45, 2.75) is 11.4 Å². The molecule has 1 aliphatic rings. The molecule has 0 spiro atoms. The zero-order valence-electron chi connectivity index (χ0n) is 13.8. The van der Waals surface area contributed by atoms with Gasteiger partial charge in [-0.05, 0) is 35.9 Å². The Morgan fingerprint density at radius 2 is 1.84 bits per heavy atom. The second kappa shape index (κ2) is 6.60. The SMILES string of the molecule is COc1ccc(CNC(=O)c2cccc3c2C=CS3(=O)=O)cc1OC. The van der Waals surface area contributed by atoms with Crippen molar-refractivity contribution in [1.82, 2.24) is 5.32 Å². The average Bonchev–Trinajstić information content (AvgIpc) is 2.94. The van der Waals surface area contributed by atoms with Gasteiger partial charge in [0, 0.05) is 23.1 Å². The molecule has 0 saturated heterocycles. The van der Waals surface area contributed by atoms with Gasteiger partial charge >= 0.3 is 0 Å². The summed E-state index contributed by atoms with van der Waals surface area (Å²) >= 11 is 0. The number of carbonyl (C=O) groups is 1. The fraction of sp³-hybridized carbons (Fsp3) is 0.167. The second-order valence-corrected chi connectivity index (χ2v) is 7.24. The predicted octanol–water partition coefficient (Wildman–Crippen LogP) is 2.39. The fourth-order valence-electron chi connectivity index (χ4n) is 2.66. The van der Waals surface area contributed by atoms with Gasteiger partial charge in [-0.25, -0.2) is 8.42 Å². The van der Waals surface area contributed by atoms with Gasteiger partial charge in [-0.3, -0.25) is 4.79 Å². The first-order chi connectivity index (χ1) is 12.0. The molecular formula is C18H17NO5S. The maximum absolute atomic E-state index is 12.5. The van der Waals surface area contributed by atoms with Crippen LogP contribution in [0.4, 0.5) is 0 Å². The van der Waals surface area contributed by atoms with Gasteiger partial charge in [-0.2, -0.15) is 0 Å². The molecule has 0 radical (unpaired) electrons. The Morgan fingerprint density at radius 1 is 1.08 bits per heavy atom. The Bertz CT molecular complexity index is 963. The van der Waals surface area contributed by atoms with Gasteiger partial charge in [0.15, 0.2) is 21.3 Å². The number of rotatable bonds is 5. The Morgan fingerprint density at radius 3 is 2.56 bits per heavy atom. The number of hydrogen-bond donors (Lipinski definition) is 1. The molecule has 1 N–H and O–H groups in total. The normalized spacial score (nSPS) is 14.0. The molecule has 0 atom stereocenters. The largest absolute Gasteiger partial charge is 0.493 e. The number of amides is 1. The third-order valence-electron chi connectivity index (χ3n) is 3.93. The van der Waals surface area contributed by atoms with Crippen LogP contribution in [-0.4, -0.2) is 28.5 Å². The Kier molecular flexibility index (Phi) is 4.50. The molecule has 0 bridgehead atoms. The summed E-state index contributed by atoms with van der Waals surface area (Å²) < 4.78 is 34.2. The standard InChI is InChI=1S/C18H17NO5S/c1-23-15-7-6-12(10-16(15)24-2)11-19-18(20)14-4-3-5-17-13(14)8-9-25(17,21)22/h3-10H,11H2,1-2H3,(H,19,20). The highest BCUT2D eigenvalue weighted by molar-refractivity contribution is 7.94. The summed E-state index contributed by atoms with van der Waals surface area (Å²) in [5.74, 6) is 0.839. The smallest absolute Gasteiger partial charge is 0.252 e. The number of methoxy groups -OCH3 is 2. The molecule has 6 nitrogen and oxygen atoms in total. The first kappa shape index (κ1) is 17.0. The molecule has 25 heavy (non-hydrogen) atoms. The van der Waals surface area contributed by atoms with Crippen LogP contribution < -0.4 is 14.8 Å². The summed E-state index contributed by atoms with van der Waals surface area (Å²) in [4.78, 5) is 12.6. The Labute approximate surface area is 146 Å². The zero-order chi connectivity index (χ0) is 18.0. The van der Waals surface area contributed by atoms with Gasteiger partial charge in [0.05, 0.1) is 19.1 Å². The van der Waals surface area contributed by atoms with E-state index >= 15 is 0 Å². The highest BCUT2D eigenvalue weighted by Crippen LogP contribution is 2.30. The van der Waals surface area contributed by atoms with Gasteiger partial charge < -0.3 is 14.8 Å². The van der Waals surface area contributed by atoms with E-state index in [2.05, 4.69) is 5.32 Å². The van der Waals surface area contributed by atoms with E-state index in [1.165, 1.54) is 12.1 Å². The van der Waals surface area contributed by atoms with Crippen LogP contribution in [0.5, 0.6) is 11.5 Å². The molecule has 130 valence electrons. The minimum Gasteiger partial charge on any atom is -0.493 e. The van der Waals surface area contributed by atoms with Crippen molar-refractivity contribution in [2.24, 2.45) is 0 Å². The molecule has 0 fully saturated rings. The second-order valence-electron chi connectivity index (χ2n) is 5.44. The summed E-state index contributed by atoms with van der Waals surface area (Å²) in [6.45, 7) is 0.277. The van der Waals surface area contributed by atoms with Gasteiger partial charge in [-0.1, -0.05) is 12.1 Å². The van der Waals surface area contributed by atoms with E-state index in [0.29, 0.717) is 22.6 Å². The van der Waals surface area contributed by atoms with Crippen molar-refractivity contribution >= 4 is 21.8 Å². The molecule has 0 aliphatic carbocycles. The van der Waals surface area contributed by atoms with Crippen LogP contribution in [0.2, 0.25) is 0 Å². The molecule has 0 aromatic heterocycles. The number of ether oxygens (including phenoxy) is 2. The van der Waals surface area contributed by atoms with Crippen LogP contribution >= 0.6 is 0 Å². The quantitative estimate of drug-likeness (QED) is 0.886. The van der Waals surface area contributed by atoms with E-state index in [9.17, 15) is 13.2 Å². The number of carbonyl (C=O) groups excluding carboxylic acids is 1. The van der Waals surface area contributed by atoms with Crippen molar-refractivity contribution in [2.75, 3.05) is 14.2 Å². The number of sulfone groups is 1. The van der Waals surface area contributed by atoms with Crippen LogP contribution in [-0.2, 0) is 16.4 Å². The van der Waals surface area contributed by atoms with Gasteiger partial charge in [-0.15, -0.1) is 0 Å². The maximum atomic E-state index is 12.5. The van der Waals surface area contributed by atoms with Crippen LogP contribution in [0.3, 0.4) is 0 Å². The lowest BCUT2D eigenvalue weighted by atomic mass is 10.1. The van der Waals surface area contributed by atoms with Crippen molar-refractivity contribution in [3.05, 3.63) is 58.5 Å². The molecule has 1 heterocycles. The summed E-state index contributed by atoms with van der Waals surface area (Å²) in [5.41, 5.74) is 1.59. The number of hydrogen-bond acceptors (Lipinski definition) is 5. The molecule has 3 rings (SSSR count). The Hall–Kier alpha value is -2.80. The van der Waals surface area contributed by atoms with Crippen molar-refractivity contribution in [3.8, 4) is 11.5 Å². The number of benzene rings is 2. The van der Waals surface area contributed by atoms with Gasteiger partial charge in [0.25, 0.3) is 5.91 Å². The lowest BCUT2D eigenvalue weighted by Crippen LogP contribution is -2.23. The molecule has 7 heteroatoms. The molecule has 2 aromatic carbocycles. The molecule has 1 amide bonds. The molecule has 0 saturated carbocycles. The molecule has 2 aromatic rings. The van der Waals surface area contributed by atoms with E-state index in [1.807, 2.05) is 6.07 Å². The lowest BCUT2D eigenvalue weighted by Gasteiger charge is -2.11. The van der Waals surface area contributed by atoms with Crippen LogP contribution in [0.25, 0.3) is 6.08 Å². The zero-order valence-corrected chi connectivity index (χ0v) is 14.6. The minimum absolute atomic E-state index is 0.159. The van der Waals surface area contributed by atoms with E-state index in [0.717, 1.165) is 11.0 Å². The molecule has 1 aliphatic heterocycles. The topological polar surface area (TPSA) is 81.7 Å². The van der Waals surface area contributed by atoms with Crippen LogP contribution in [0.15, 0.2) is 46.7 Å². The Balaban J connectivity index is 1.79. The van der Waals surface area contributed by atoms with E-state index in [4.69, 9.17) is 9.47 Å². The van der Waals surface area contributed by atoms with Crippen LogP contribution in [0, 0.1) is 0 Å². The maximum Gasteiger partial charge on any atom is 0.252 e. The lowest BCUT2D eigenvalue weighted by molar-refractivity contribution is 0.0950. The van der Waals surface area contributed by atoms with Crippen molar-refractivity contribution in [3.63, 3.8) is 0 Å². The first-order valence-corrected chi connectivity index (χ1v) is 9.06. The van der Waals surface area contributed by atoms with Gasteiger partial charge in [0.2, 0.25) is 0 Å². The monoisotopic (exact) mass is 359 g/mol. The van der Waals surface area contributed by atoms with Crippen LogP contribution in [0.1, 0.15) is 21.5 Å². The summed E-state index contributed by atoms with van der Waals surface area (Å²) in [6, 6.07) is 10.0. The molecular weight excluding hydrogens is 342 g/mol. The summed E-state index contributed by atoms with van der Waals surface area (Å²) in [5, 5.41) is 3.91.